The molecule has 24 heavy (non-hydrogen) atoms. The molecule has 0 atom stereocenters. The Bertz CT molecular complexity index is 681. The molecule has 7 nitrogen and oxygen atoms in total. The molecule has 2 aromatic rings. The first kappa shape index (κ1) is 17.7. The molecular weight excluding hydrogens is 306 g/mol. The van der Waals surface area contributed by atoms with E-state index in [9.17, 15) is 5.11 Å². The molecule has 0 aliphatic heterocycles. The molecule has 0 fully saturated rings. The highest BCUT2D eigenvalue weighted by molar-refractivity contribution is 5.79. The summed E-state index contributed by atoms with van der Waals surface area (Å²) in [7, 11) is 1.91. The lowest BCUT2D eigenvalue weighted by Gasteiger charge is -2.12. The number of guanidine groups is 1. The van der Waals surface area contributed by atoms with Crippen molar-refractivity contribution in [3.63, 3.8) is 0 Å². The van der Waals surface area contributed by atoms with E-state index in [0.29, 0.717) is 25.4 Å². The topological polar surface area (TPSA) is 83.7 Å². The smallest absolute Gasteiger partial charge is 0.191 e. The molecular formula is C17H25N5O2. The monoisotopic (exact) mass is 331 g/mol. The van der Waals surface area contributed by atoms with Gasteiger partial charge in [-0.2, -0.15) is 5.10 Å². The molecule has 0 bridgehead atoms. The molecule has 0 amide bonds. The molecule has 0 radical (unpaired) electrons. The van der Waals surface area contributed by atoms with E-state index < -0.39 is 0 Å². The third-order valence-electron chi connectivity index (χ3n) is 3.45. The van der Waals surface area contributed by atoms with Crippen molar-refractivity contribution in [3.05, 3.63) is 41.7 Å². The zero-order valence-electron chi connectivity index (χ0n) is 14.4. The first-order valence-corrected chi connectivity index (χ1v) is 8.07. The molecule has 2 rings (SSSR count). The number of aryl methyl sites for hydroxylation is 1. The number of aromatic nitrogens is 2. The summed E-state index contributed by atoms with van der Waals surface area (Å²) in [5.74, 6) is 1.36. The van der Waals surface area contributed by atoms with Crippen molar-refractivity contribution in [3.8, 4) is 11.5 Å². The molecule has 1 aromatic heterocycles. The van der Waals surface area contributed by atoms with Crippen LogP contribution in [0.15, 0.2) is 35.5 Å². The maximum absolute atomic E-state index is 9.75. The van der Waals surface area contributed by atoms with Crippen LogP contribution in [0.3, 0.4) is 0 Å². The van der Waals surface area contributed by atoms with Gasteiger partial charge in [0.15, 0.2) is 17.5 Å². The van der Waals surface area contributed by atoms with Gasteiger partial charge in [-0.1, -0.05) is 6.07 Å². The van der Waals surface area contributed by atoms with Crippen LogP contribution in [-0.4, -0.2) is 34.0 Å². The number of hydrogen-bond acceptors (Lipinski definition) is 4. The Balaban J connectivity index is 2.02. The zero-order valence-corrected chi connectivity index (χ0v) is 14.4. The third-order valence-corrected chi connectivity index (χ3v) is 3.45. The minimum Gasteiger partial charge on any atom is -0.504 e. The maximum Gasteiger partial charge on any atom is 0.191 e. The van der Waals surface area contributed by atoms with Crippen molar-refractivity contribution in [2.75, 3.05) is 13.2 Å². The van der Waals surface area contributed by atoms with Crippen molar-refractivity contribution in [2.45, 2.75) is 26.9 Å². The van der Waals surface area contributed by atoms with E-state index in [2.05, 4.69) is 20.7 Å². The Kier molecular flexibility index (Phi) is 6.48. The molecule has 130 valence electrons. The first-order chi connectivity index (χ1) is 11.6. The van der Waals surface area contributed by atoms with Crippen molar-refractivity contribution >= 4 is 5.96 Å². The number of rotatable bonds is 7. The van der Waals surface area contributed by atoms with Crippen molar-refractivity contribution in [1.29, 1.82) is 0 Å². The summed E-state index contributed by atoms with van der Waals surface area (Å²) in [6, 6.07) is 7.25. The van der Waals surface area contributed by atoms with E-state index in [1.807, 2.05) is 43.8 Å². The van der Waals surface area contributed by atoms with E-state index in [0.717, 1.165) is 23.8 Å². The molecule has 0 aliphatic carbocycles. The minimum atomic E-state index is 0.144. The second-order valence-corrected chi connectivity index (χ2v) is 5.23. The largest absolute Gasteiger partial charge is 0.504 e. The van der Waals surface area contributed by atoms with E-state index in [4.69, 9.17) is 4.74 Å². The van der Waals surface area contributed by atoms with E-state index >= 15 is 0 Å². The number of phenolic OH excluding ortho intramolecular Hbond substituents is 1. The van der Waals surface area contributed by atoms with Crippen LogP contribution < -0.4 is 15.4 Å². The van der Waals surface area contributed by atoms with E-state index in [1.165, 1.54) is 0 Å². The van der Waals surface area contributed by atoms with Crippen LogP contribution >= 0.6 is 0 Å². The van der Waals surface area contributed by atoms with Gasteiger partial charge in [0.25, 0.3) is 0 Å². The maximum atomic E-state index is 9.75. The van der Waals surface area contributed by atoms with Gasteiger partial charge >= 0.3 is 0 Å². The van der Waals surface area contributed by atoms with Crippen LogP contribution in [0, 0.1) is 0 Å². The summed E-state index contributed by atoms with van der Waals surface area (Å²) >= 11 is 0. The predicted molar refractivity (Wildman–Crippen MR) is 94.1 cm³/mol. The van der Waals surface area contributed by atoms with Gasteiger partial charge in [0.1, 0.15) is 0 Å². The van der Waals surface area contributed by atoms with Gasteiger partial charge in [0, 0.05) is 19.8 Å². The fourth-order valence-electron chi connectivity index (χ4n) is 2.19. The first-order valence-electron chi connectivity index (χ1n) is 8.07. The van der Waals surface area contributed by atoms with Crippen LogP contribution in [0.4, 0.5) is 0 Å². The van der Waals surface area contributed by atoms with Gasteiger partial charge in [-0.25, -0.2) is 4.99 Å². The van der Waals surface area contributed by atoms with Gasteiger partial charge in [-0.05, 0) is 37.6 Å². The van der Waals surface area contributed by atoms with Crippen molar-refractivity contribution < 1.29 is 9.84 Å². The molecule has 0 saturated heterocycles. The number of hydrogen-bond donors (Lipinski definition) is 3. The molecule has 0 aliphatic rings. The van der Waals surface area contributed by atoms with Crippen LogP contribution in [0.25, 0.3) is 0 Å². The van der Waals surface area contributed by atoms with Crippen LogP contribution in [-0.2, 0) is 20.1 Å². The Labute approximate surface area is 142 Å². The van der Waals surface area contributed by atoms with Crippen molar-refractivity contribution in [2.24, 2.45) is 12.0 Å². The Morgan fingerprint density at radius 2 is 2.12 bits per heavy atom. The lowest BCUT2D eigenvalue weighted by atomic mass is 10.2. The quantitative estimate of drug-likeness (QED) is 0.532. The second kappa shape index (κ2) is 8.81. The molecule has 0 spiro atoms. The van der Waals surface area contributed by atoms with E-state index in [-0.39, 0.29) is 5.75 Å². The Hall–Kier alpha value is -2.70. The standard InChI is InChI=1S/C17H25N5O2/c1-4-18-17(20-12-14-8-9-21-22(14)3)19-11-13-6-7-15(23)16(10-13)24-5-2/h6-10,23H,4-5,11-12H2,1-3H3,(H2,18,19,20). The van der Waals surface area contributed by atoms with Gasteiger partial charge in [-0.15, -0.1) is 0 Å². The highest BCUT2D eigenvalue weighted by Gasteiger charge is 2.05. The van der Waals surface area contributed by atoms with Crippen molar-refractivity contribution in [1.82, 2.24) is 20.4 Å². The predicted octanol–water partition coefficient (Wildman–Crippen LogP) is 1.78. The molecule has 1 aromatic carbocycles. The number of aromatic hydroxyl groups is 1. The van der Waals surface area contributed by atoms with Gasteiger partial charge in [0.05, 0.1) is 25.4 Å². The Morgan fingerprint density at radius 1 is 1.29 bits per heavy atom. The number of nitrogens with one attached hydrogen (secondary N) is 2. The SMILES string of the molecule is CCNC(=NCc1ccc(O)c(OCC)c1)NCc1ccnn1C. The lowest BCUT2D eigenvalue weighted by molar-refractivity contribution is 0.318. The van der Waals surface area contributed by atoms with E-state index in [1.54, 1.807) is 12.3 Å². The second-order valence-electron chi connectivity index (χ2n) is 5.23. The molecule has 0 saturated carbocycles. The summed E-state index contributed by atoms with van der Waals surface area (Å²) in [5.41, 5.74) is 2.04. The molecule has 1 heterocycles. The molecule has 3 N–H and O–H groups in total. The fourth-order valence-corrected chi connectivity index (χ4v) is 2.19. The highest BCUT2D eigenvalue weighted by Crippen LogP contribution is 2.27. The average Bonchev–Trinajstić information content (AvgIpc) is 2.98. The number of ether oxygens (including phenoxy) is 1. The number of phenols is 1. The fraction of sp³-hybridized carbons (Fsp3) is 0.412. The summed E-state index contributed by atoms with van der Waals surface area (Å²) in [6.45, 7) is 6.32. The Morgan fingerprint density at radius 3 is 2.79 bits per heavy atom. The average molecular weight is 331 g/mol. The summed E-state index contributed by atoms with van der Waals surface area (Å²) in [6.07, 6.45) is 1.77. The van der Waals surface area contributed by atoms with Gasteiger partial charge in [-0.3, -0.25) is 4.68 Å². The lowest BCUT2D eigenvalue weighted by Crippen LogP contribution is -2.37. The van der Waals surface area contributed by atoms with Crippen LogP contribution in [0.2, 0.25) is 0 Å². The van der Waals surface area contributed by atoms with Crippen LogP contribution in [0.1, 0.15) is 25.1 Å². The molecule has 0 unspecified atom stereocenters. The summed E-state index contributed by atoms with van der Waals surface area (Å²) in [5, 5.41) is 20.4. The normalized spacial score (nSPS) is 11.4. The molecule has 7 heteroatoms. The number of aliphatic imine (C=N–C) groups is 1. The minimum absolute atomic E-state index is 0.144. The van der Waals surface area contributed by atoms with Gasteiger partial charge in [0.2, 0.25) is 0 Å². The number of nitrogens with zero attached hydrogens (tertiary/aromatic N) is 3. The zero-order chi connectivity index (χ0) is 17.4. The van der Waals surface area contributed by atoms with Crippen LogP contribution in [0.5, 0.6) is 11.5 Å². The summed E-state index contributed by atoms with van der Waals surface area (Å²) < 4.78 is 7.23. The third kappa shape index (κ3) is 4.91. The number of benzene rings is 1. The summed E-state index contributed by atoms with van der Waals surface area (Å²) in [4.78, 5) is 4.57. The highest BCUT2D eigenvalue weighted by atomic mass is 16.5. The van der Waals surface area contributed by atoms with Gasteiger partial charge < -0.3 is 20.5 Å².